The Morgan fingerprint density at radius 3 is 2.50 bits per heavy atom. The Morgan fingerprint density at radius 1 is 1.06 bits per heavy atom. The van der Waals surface area contributed by atoms with E-state index in [1.807, 2.05) is 0 Å². The lowest BCUT2D eigenvalue weighted by molar-refractivity contribution is -0.121. The molecular weight excluding hydrogens is 246 g/mol. The van der Waals surface area contributed by atoms with Gasteiger partial charge in [-0.2, -0.15) is 11.8 Å². The number of hydrogen-bond donors (Lipinski definition) is 2. The maximum atomic E-state index is 11.5. The third-order valence-corrected chi connectivity index (χ3v) is 3.84. The van der Waals surface area contributed by atoms with Crippen molar-refractivity contribution in [2.75, 3.05) is 24.7 Å². The van der Waals surface area contributed by atoms with Gasteiger partial charge in [0.1, 0.15) is 0 Å². The zero-order valence-corrected chi connectivity index (χ0v) is 12.6. The fourth-order valence-electron chi connectivity index (χ4n) is 1.69. The molecular formula is C14H29NO2S. The molecule has 0 atom stereocenters. The van der Waals surface area contributed by atoms with Gasteiger partial charge in [0.15, 0.2) is 0 Å². The summed E-state index contributed by atoms with van der Waals surface area (Å²) >= 11 is 1.78. The zero-order chi connectivity index (χ0) is 13.5. The summed E-state index contributed by atoms with van der Waals surface area (Å²) < 4.78 is 0. The standard InChI is InChI=1S/C14H29NO2S/c1-2-3-4-5-6-7-9-14(17)15-10-13-18-12-8-11-16/h16H,2-13H2,1H3,(H,15,17). The van der Waals surface area contributed by atoms with Crippen molar-refractivity contribution in [2.45, 2.75) is 58.3 Å². The van der Waals surface area contributed by atoms with E-state index in [4.69, 9.17) is 5.11 Å². The van der Waals surface area contributed by atoms with E-state index in [1.165, 1.54) is 32.1 Å². The fourth-order valence-corrected chi connectivity index (χ4v) is 2.47. The molecule has 108 valence electrons. The number of unbranched alkanes of at least 4 members (excludes halogenated alkanes) is 5. The molecule has 1 amide bonds. The fraction of sp³-hybridized carbons (Fsp3) is 0.929. The van der Waals surface area contributed by atoms with Crippen LogP contribution in [-0.4, -0.2) is 35.7 Å². The van der Waals surface area contributed by atoms with Crippen LogP contribution < -0.4 is 5.32 Å². The Kier molecular flexibility index (Phi) is 14.7. The summed E-state index contributed by atoms with van der Waals surface area (Å²) in [6, 6.07) is 0. The topological polar surface area (TPSA) is 49.3 Å². The minimum absolute atomic E-state index is 0.188. The Hall–Kier alpha value is -0.220. The number of carbonyl (C=O) groups excluding carboxylic acids is 1. The number of carbonyl (C=O) groups is 1. The SMILES string of the molecule is CCCCCCCCC(=O)NCCSCCCO. The highest BCUT2D eigenvalue weighted by Gasteiger charge is 2.00. The highest BCUT2D eigenvalue weighted by Crippen LogP contribution is 2.06. The summed E-state index contributed by atoms with van der Waals surface area (Å²) in [7, 11) is 0. The van der Waals surface area contributed by atoms with Crippen LogP contribution in [0.3, 0.4) is 0 Å². The van der Waals surface area contributed by atoms with Gasteiger partial charge >= 0.3 is 0 Å². The molecule has 0 aliphatic heterocycles. The summed E-state index contributed by atoms with van der Waals surface area (Å²) in [5.41, 5.74) is 0. The second-order valence-corrected chi connectivity index (χ2v) is 5.78. The molecule has 2 N–H and O–H groups in total. The summed E-state index contributed by atoms with van der Waals surface area (Å²) in [6.45, 7) is 3.23. The Bertz CT molecular complexity index is 171. The molecule has 0 spiro atoms. The number of hydrogen-bond acceptors (Lipinski definition) is 3. The van der Waals surface area contributed by atoms with Crippen LogP contribution in [0.15, 0.2) is 0 Å². The van der Waals surface area contributed by atoms with E-state index in [-0.39, 0.29) is 12.5 Å². The van der Waals surface area contributed by atoms with E-state index in [0.717, 1.165) is 30.9 Å². The first-order valence-electron chi connectivity index (χ1n) is 7.26. The van der Waals surface area contributed by atoms with Crippen LogP contribution in [-0.2, 0) is 4.79 Å². The van der Waals surface area contributed by atoms with Gasteiger partial charge in [-0.05, 0) is 18.6 Å². The number of aliphatic hydroxyl groups is 1. The molecule has 0 unspecified atom stereocenters. The molecule has 0 aromatic carbocycles. The molecule has 0 heterocycles. The van der Waals surface area contributed by atoms with E-state index >= 15 is 0 Å². The van der Waals surface area contributed by atoms with Crippen molar-refractivity contribution >= 4 is 17.7 Å². The third kappa shape index (κ3) is 13.8. The highest BCUT2D eigenvalue weighted by molar-refractivity contribution is 7.99. The van der Waals surface area contributed by atoms with E-state index in [9.17, 15) is 4.79 Å². The van der Waals surface area contributed by atoms with E-state index in [2.05, 4.69) is 12.2 Å². The molecule has 0 aromatic heterocycles. The minimum Gasteiger partial charge on any atom is -0.396 e. The smallest absolute Gasteiger partial charge is 0.220 e. The molecule has 18 heavy (non-hydrogen) atoms. The largest absolute Gasteiger partial charge is 0.396 e. The first-order chi connectivity index (χ1) is 8.81. The van der Waals surface area contributed by atoms with Crippen LogP contribution in [0, 0.1) is 0 Å². The molecule has 0 radical (unpaired) electrons. The third-order valence-electron chi connectivity index (χ3n) is 2.77. The monoisotopic (exact) mass is 275 g/mol. The number of nitrogens with one attached hydrogen (secondary N) is 1. The predicted molar refractivity (Wildman–Crippen MR) is 80.0 cm³/mol. The molecule has 0 saturated carbocycles. The van der Waals surface area contributed by atoms with E-state index in [0.29, 0.717) is 6.42 Å². The molecule has 0 aliphatic carbocycles. The van der Waals surface area contributed by atoms with Crippen LogP contribution in [0.1, 0.15) is 58.3 Å². The van der Waals surface area contributed by atoms with E-state index in [1.54, 1.807) is 11.8 Å². The quantitative estimate of drug-likeness (QED) is 0.508. The average Bonchev–Trinajstić information content (AvgIpc) is 2.38. The minimum atomic E-state index is 0.188. The molecule has 0 bridgehead atoms. The van der Waals surface area contributed by atoms with Gasteiger partial charge < -0.3 is 10.4 Å². The Balaban J connectivity index is 3.12. The molecule has 0 aliphatic rings. The van der Waals surface area contributed by atoms with Crippen molar-refractivity contribution in [1.82, 2.24) is 5.32 Å². The lowest BCUT2D eigenvalue weighted by Crippen LogP contribution is -2.25. The van der Waals surface area contributed by atoms with Gasteiger partial charge in [0.05, 0.1) is 0 Å². The van der Waals surface area contributed by atoms with Crippen LogP contribution >= 0.6 is 11.8 Å². The van der Waals surface area contributed by atoms with Crippen LogP contribution in [0.2, 0.25) is 0 Å². The second-order valence-electron chi connectivity index (χ2n) is 4.56. The van der Waals surface area contributed by atoms with Crippen molar-refractivity contribution in [2.24, 2.45) is 0 Å². The summed E-state index contributed by atoms with van der Waals surface area (Å²) in [4.78, 5) is 11.5. The highest BCUT2D eigenvalue weighted by atomic mass is 32.2. The maximum Gasteiger partial charge on any atom is 0.220 e. The normalized spacial score (nSPS) is 10.6. The lowest BCUT2D eigenvalue weighted by atomic mass is 10.1. The Labute approximate surface area is 116 Å². The maximum absolute atomic E-state index is 11.5. The lowest BCUT2D eigenvalue weighted by Gasteiger charge is -2.05. The first-order valence-corrected chi connectivity index (χ1v) is 8.42. The molecule has 4 heteroatoms. The van der Waals surface area contributed by atoms with Crippen molar-refractivity contribution in [3.8, 4) is 0 Å². The molecule has 0 aromatic rings. The van der Waals surface area contributed by atoms with Crippen molar-refractivity contribution in [1.29, 1.82) is 0 Å². The van der Waals surface area contributed by atoms with Crippen molar-refractivity contribution < 1.29 is 9.90 Å². The van der Waals surface area contributed by atoms with Gasteiger partial charge in [-0.1, -0.05) is 39.0 Å². The van der Waals surface area contributed by atoms with Crippen LogP contribution in [0.5, 0.6) is 0 Å². The summed E-state index contributed by atoms with van der Waals surface area (Å²) in [5, 5.41) is 11.5. The van der Waals surface area contributed by atoms with Crippen LogP contribution in [0.4, 0.5) is 0 Å². The predicted octanol–water partition coefficient (Wildman–Crippen LogP) is 2.97. The zero-order valence-electron chi connectivity index (χ0n) is 11.7. The summed E-state index contributed by atoms with van der Waals surface area (Å²) in [6.07, 6.45) is 8.87. The number of aliphatic hydroxyl groups excluding tert-OH is 1. The molecule has 0 fully saturated rings. The van der Waals surface area contributed by atoms with Gasteiger partial charge in [0.25, 0.3) is 0 Å². The van der Waals surface area contributed by atoms with Gasteiger partial charge in [-0.25, -0.2) is 0 Å². The second kappa shape index (κ2) is 14.8. The Morgan fingerprint density at radius 2 is 1.78 bits per heavy atom. The first kappa shape index (κ1) is 17.8. The van der Waals surface area contributed by atoms with Gasteiger partial charge in [0, 0.05) is 25.3 Å². The number of amides is 1. The summed E-state index contributed by atoms with van der Waals surface area (Å²) in [5.74, 6) is 2.11. The van der Waals surface area contributed by atoms with Crippen LogP contribution in [0.25, 0.3) is 0 Å². The van der Waals surface area contributed by atoms with Crippen molar-refractivity contribution in [3.05, 3.63) is 0 Å². The van der Waals surface area contributed by atoms with Gasteiger partial charge in [0.2, 0.25) is 5.91 Å². The van der Waals surface area contributed by atoms with Crippen molar-refractivity contribution in [3.63, 3.8) is 0 Å². The molecule has 0 rings (SSSR count). The van der Waals surface area contributed by atoms with Gasteiger partial charge in [-0.3, -0.25) is 4.79 Å². The molecule has 0 saturated heterocycles. The number of rotatable bonds is 13. The molecule has 3 nitrogen and oxygen atoms in total. The van der Waals surface area contributed by atoms with Gasteiger partial charge in [-0.15, -0.1) is 0 Å². The number of thioether (sulfide) groups is 1. The van der Waals surface area contributed by atoms with E-state index < -0.39 is 0 Å². The average molecular weight is 275 g/mol.